The number of phosphoric ester groups is 2. The van der Waals surface area contributed by atoms with Gasteiger partial charge >= 0.3 is 39.5 Å². The normalized spacial score (nSPS) is 14.7. The first-order valence-corrected chi connectivity index (χ1v) is 42.7. The van der Waals surface area contributed by atoms with Crippen LogP contribution in [0.1, 0.15) is 297 Å². The summed E-state index contributed by atoms with van der Waals surface area (Å²) in [6.45, 7) is 4.46. The van der Waals surface area contributed by atoms with E-state index in [4.69, 9.17) is 37.0 Å². The van der Waals surface area contributed by atoms with Crippen molar-refractivity contribution in [3.05, 3.63) is 158 Å². The highest BCUT2D eigenvalue weighted by Gasteiger charge is 2.30. The van der Waals surface area contributed by atoms with Gasteiger partial charge < -0.3 is 33.8 Å². The van der Waals surface area contributed by atoms with Crippen molar-refractivity contribution in [2.75, 3.05) is 39.6 Å². The summed E-state index contributed by atoms with van der Waals surface area (Å²) in [6, 6.07) is 0. The van der Waals surface area contributed by atoms with Gasteiger partial charge in [-0.1, -0.05) is 263 Å². The molecule has 5 unspecified atom stereocenters. The first kappa shape index (κ1) is 98.7. The zero-order chi connectivity index (χ0) is 76.0. The molecule has 0 amide bonds. The molecule has 0 rings (SSSR count). The van der Waals surface area contributed by atoms with Crippen molar-refractivity contribution in [2.45, 2.75) is 316 Å². The lowest BCUT2D eigenvalue weighted by molar-refractivity contribution is -0.161. The molecule has 0 saturated carbocycles. The molecule has 0 heterocycles. The van der Waals surface area contributed by atoms with E-state index in [2.05, 4.69) is 174 Å². The van der Waals surface area contributed by atoms with Crippen molar-refractivity contribution in [3.8, 4) is 0 Å². The van der Waals surface area contributed by atoms with E-state index in [-0.39, 0.29) is 25.7 Å². The maximum atomic E-state index is 13.1. The largest absolute Gasteiger partial charge is 0.472 e. The summed E-state index contributed by atoms with van der Waals surface area (Å²) in [5, 5.41) is 10.6. The molecule has 0 aromatic carbocycles. The van der Waals surface area contributed by atoms with E-state index >= 15 is 0 Å². The monoisotopic (exact) mass is 1490 g/mol. The Balaban J connectivity index is 5.45. The van der Waals surface area contributed by atoms with Crippen LogP contribution in [0.25, 0.3) is 0 Å². The van der Waals surface area contributed by atoms with Crippen LogP contribution >= 0.6 is 15.6 Å². The number of aliphatic hydroxyl groups excluding tert-OH is 1. The molecule has 5 atom stereocenters. The van der Waals surface area contributed by atoms with Crippen molar-refractivity contribution in [3.63, 3.8) is 0 Å². The Morgan fingerprint density at radius 3 is 0.856 bits per heavy atom. The molecule has 17 nitrogen and oxygen atoms in total. The zero-order valence-corrected chi connectivity index (χ0v) is 66.4. The number of ether oxygens (including phenoxy) is 4. The van der Waals surface area contributed by atoms with Crippen LogP contribution in [0.15, 0.2) is 158 Å². The molecular weight excluding hydrogens is 1350 g/mol. The Kier molecular flexibility index (Phi) is 72.0. The summed E-state index contributed by atoms with van der Waals surface area (Å²) < 4.78 is 68.5. The number of phosphoric acid groups is 2. The van der Waals surface area contributed by atoms with Crippen LogP contribution in [0.3, 0.4) is 0 Å². The predicted octanol–water partition coefficient (Wildman–Crippen LogP) is 23.2. The lowest BCUT2D eigenvalue weighted by Gasteiger charge is -2.21. The highest BCUT2D eigenvalue weighted by Crippen LogP contribution is 2.45. The van der Waals surface area contributed by atoms with Gasteiger partial charge in [-0.15, -0.1) is 0 Å². The van der Waals surface area contributed by atoms with Crippen molar-refractivity contribution >= 4 is 39.5 Å². The SMILES string of the molecule is CC/C=C\C/C=C\C/C=C\C/C=C\C/C=C\CCCC(=O)OCC(COP(=O)(O)OCC(O)COP(=O)(O)OCC(COC(=O)CCCCCCCC/C=C\C/C=C\C/C=C\CCCCC)OC(=O)CCCC/C=C\C/C=C\C/C=C\C/C=C\CC)OC(=O)CCCCCCC/C=C\CCCCCC. The molecule has 0 spiro atoms. The summed E-state index contributed by atoms with van der Waals surface area (Å²) in [6.07, 6.45) is 88.1. The van der Waals surface area contributed by atoms with Crippen LogP contribution in [0.4, 0.5) is 0 Å². The minimum absolute atomic E-state index is 0.0334. The predicted molar refractivity (Wildman–Crippen MR) is 427 cm³/mol. The van der Waals surface area contributed by atoms with Gasteiger partial charge in [-0.2, -0.15) is 0 Å². The number of esters is 4. The summed E-state index contributed by atoms with van der Waals surface area (Å²) >= 11 is 0. The second-order valence-electron chi connectivity index (χ2n) is 25.9. The van der Waals surface area contributed by atoms with Crippen LogP contribution in [-0.4, -0.2) is 96.7 Å². The van der Waals surface area contributed by atoms with E-state index in [0.717, 1.165) is 161 Å². The van der Waals surface area contributed by atoms with Gasteiger partial charge in [0.2, 0.25) is 0 Å². The third-order valence-corrected chi connectivity index (χ3v) is 17.9. The van der Waals surface area contributed by atoms with Gasteiger partial charge in [0, 0.05) is 25.7 Å². The summed E-state index contributed by atoms with van der Waals surface area (Å²) in [4.78, 5) is 73.0. The fourth-order valence-electron chi connectivity index (χ4n) is 9.95. The van der Waals surface area contributed by atoms with Gasteiger partial charge in [0.05, 0.1) is 26.4 Å². The Labute approximate surface area is 629 Å². The second-order valence-corrected chi connectivity index (χ2v) is 28.8. The van der Waals surface area contributed by atoms with Crippen LogP contribution < -0.4 is 0 Å². The first-order chi connectivity index (χ1) is 50.7. The smallest absolute Gasteiger partial charge is 0.462 e. The molecule has 3 N–H and O–H groups in total. The van der Waals surface area contributed by atoms with E-state index < -0.39 is 97.5 Å². The van der Waals surface area contributed by atoms with Crippen molar-refractivity contribution in [2.24, 2.45) is 0 Å². The Bertz CT molecular complexity index is 2590. The molecular formula is C85H140O17P2. The van der Waals surface area contributed by atoms with Gasteiger partial charge in [0.15, 0.2) is 12.2 Å². The van der Waals surface area contributed by atoms with Gasteiger partial charge in [-0.25, -0.2) is 9.13 Å². The quantitative estimate of drug-likeness (QED) is 0.0169. The lowest BCUT2D eigenvalue weighted by atomic mass is 10.1. The first-order valence-electron chi connectivity index (χ1n) is 39.7. The zero-order valence-electron chi connectivity index (χ0n) is 64.6. The molecule has 0 aromatic heterocycles. The average Bonchev–Trinajstić information content (AvgIpc) is 0.918. The number of unbranched alkanes of at least 4 members (excludes halogenated alkanes) is 21. The van der Waals surface area contributed by atoms with E-state index in [1.165, 1.54) is 44.9 Å². The molecule has 592 valence electrons. The fourth-order valence-corrected chi connectivity index (χ4v) is 11.5. The highest BCUT2D eigenvalue weighted by molar-refractivity contribution is 7.47. The minimum atomic E-state index is -5.00. The highest BCUT2D eigenvalue weighted by atomic mass is 31.2. The molecule has 0 aromatic rings. The number of carbonyl (C=O) groups is 4. The topological polar surface area (TPSA) is 237 Å². The fraction of sp³-hybridized carbons (Fsp3) is 0.647. The van der Waals surface area contributed by atoms with Crippen LogP contribution in [0.2, 0.25) is 0 Å². The van der Waals surface area contributed by atoms with Gasteiger partial charge in [-0.3, -0.25) is 37.3 Å². The standard InChI is InChI=1S/C85H140O17P2/c1-5-9-13-17-21-25-29-33-36-38-39-41-44-47-50-54-58-62-66-70-83(88)96-76-81(102-85(90)72-68-64-60-56-52-48-42-35-31-27-23-19-15-11-7-3)78-100-104(93,94)98-74-79(86)73-97-103(91,92)99-77-80(101-84(89)71-67-63-59-55-51-45-32-28-24-20-16-12-8-4)75-95-82(87)69-65-61-57-53-49-46-43-40-37-34-30-26-22-18-14-10-6-2/h10-11,14-15,21-23,25-28,32-37,39,41-43,46,52-53,56-57,79-81,86H,5-9,12-13,16-20,24,29-31,38,40,44-45,47-51,54-55,58-78H2,1-4H3,(H,91,92)(H,93,94)/b14-10-,15-11-,25-21-,26-22-,27-23-,32-28-,36-33-,37-34-,41-39-,42-35-,46-43-,56-52-,57-53-. The van der Waals surface area contributed by atoms with E-state index in [9.17, 15) is 43.2 Å². The van der Waals surface area contributed by atoms with E-state index in [1.54, 1.807) is 0 Å². The molecule has 104 heavy (non-hydrogen) atoms. The number of hydrogen-bond acceptors (Lipinski definition) is 15. The van der Waals surface area contributed by atoms with Crippen LogP contribution in [0, 0.1) is 0 Å². The average molecular weight is 1500 g/mol. The third kappa shape index (κ3) is 74.9. The molecule has 0 aliphatic rings. The number of hydrogen-bond donors (Lipinski definition) is 3. The number of carbonyl (C=O) groups excluding carboxylic acids is 4. The Morgan fingerprint density at radius 2 is 0.510 bits per heavy atom. The van der Waals surface area contributed by atoms with Gasteiger partial charge in [-0.05, 0) is 167 Å². The second kappa shape index (κ2) is 75.9. The number of aliphatic hydroxyl groups is 1. The maximum Gasteiger partial charge on any atom is 0.472 e. The van der Waals surface area contributed by atoms with Gasteiger partial charge in [0.25, 0.3) is 0 Å². The van der Waals surface area contributed by atoms with Crippen molar-refractivity contribution in [1.82, 2.24) is 0 Å². The minimum Gasteiger partial charge on any atom is -0.462 e. The molecule has 0 aliphatic carbocycles. The van der Waals surface area contributed by atoms with Crippen LogP contribution in [0.5, 0.6) is 0 Å². The molecule has 0 aliphatic heterocycles. The summed E-state index contributed by atoms with van der Waals surface area (Å²) in [5.41, 5.74) is 0. The molecule has 0 radical (unpaired) electrons. The van der Waals surface area contributed by atoms with Gasteiger partial charge in [0.1, 0.15) is 19.3 Å². The molecule has 0 fully saturated rings. The van der Waals surface area contributed by atoms with Crippen molar-refractivity contribution in [1.29, 1.82) is 0 Å². The van der Waals surface area contributed by atoms with Crippen LogP contribution in [-0.2, 0) is 65.4 Å². The third-order valence-electron chi connectivity index (χ3n) is 16.0. The maximum absolute atomic E-state index is 13.1. The van der Waals surface area contributed by atoms with Crippen molar-refractivity contribution < 1.29 is 80.2 Å². The molecule has 0 saturated heterocycles. The summed E-state index contributed by atoms with van der Waals surface area (Å²) in [5.74, 6) is -2.32. The Morgan fingerprint density at radius 1 is 0.279 bits per heavy atom. The summed E-state index contributed by atoms with van der Waals surface area (Å²) in [7, 11) is -10.0. The molecule has 0 bridgehead atoms. The van der Waals surface area contributed by atoms with E-state index in [1.807, 2.05) is 12.2 Å². The lowest BCUT2D eigenvalue weighted by Crippen LogP contribution is -2.30. The molecule has 19 heteroatoms. The number of rotatable bonds is 73. The van der Waals surface area contributed by atoms with E-state index in [0.29, 0.717) is 38.5 Å². The Hall–Kier alpha value is -5.32. The number of allylic oxidation sites excluding steroid dienone is 26.